The lowest BCUT2D eigenvalue weighted by Crippen LogP contribution is -2.34. The molecule has 2 saturated heterocycles. The van der Waals surface area contributed by atoms with E-state index in [1.54, 1.807) is 30.2 Å². The van der Waals surface area contributed by atoms with Gasteiger partial charge in [0.2, 0.25) is 0 Å². The molecule has 0 saturated carbocycles. The van der Waals surface area contributed by atoms with E-state index in [9.17, 15) is 18.0 Å². The summed E-state index contributed by atoms with van der Waals surface area (Å²) in [5, 5.41) is 0. The highest BCUT2D eigenvalue weighted by Crippen LogP contribution is 2.34. The average Bonchev–Trinajstić information content (AvgIpc) is 3.29. The summed E-state index contributed by atoms with van der Waals surface area (Å²) in [5.41, 5.74) is 1.39. The van der Waals surface area contributed by atoms with Gasteiger partial charge in [-0.2, -0.15) is 0 Å². The van der Waals surface area contributed by atoms with Crippen LogP contribution >= 0.6 is 0 Å². The second-order valence-electron chi connectivity index (χ2n) is 8.03. The molecule has 1 aromatic heterocycles. The van der Waals surface area contributed by atoms with Crippen LogP contribution in [0.15, 0.2) is 36.5 Å². The Morgan fingerprint density at radius 1 is 0.967 bits per heavy atom. The quantitative estimate of drug-likeness (QED) is 0.646. The van der Waals surface area contributed by atoms with Crippen molar-refractivity contribution < 1.29 is 18.0 Å². The van der Waals surface area contributed by atoms with Crippen molar-refractivity contribution >= 4 is 22.8 Å². The number of halogens is 3. The fraction of sp³-hybridized carbons (Fsp3) is 0.318. The zero-order valence-corrected chi connectivity index (χ0v) is 16.3. The minimum atomic E-state index is -0.950. The smallest absolute Gasteiger partial charge is 0.254 e. The molecule has 30 heavy (non-hydrogen) atoms. The predicted octanol–water partition coefficient (Wildman–Crippen LogP) is 3.56. The first kappa shape index (κ1) is 18.8. The Labute approximate surface area is 171 Å². The first-order chi connectivity index (χ1) is 14.4. The molecule has 0 spiro atoms. The highest BCUT2D eigenvalue weighted by atomic mass is 19.2. The van der Waals surface area contributed by atoms with Gasteiger partial charge in [-0.05, 0) is 24.6 Å². The van der Waals surface area contributed by atoms with Crippen molar-refractivity contribution in [2.75, 3.05) is 31.1 Å². The molecule has 3 aromatic rings. The van der Waals surface area contributed by atoms with E-state index in [1.807, 2.05) is 0 Å². The zero-order chi connectivity index (χ0) is 21.0. The standard InChI is InChI=1S/C22H19F3N4O/c1-12-15(3-2-4-16(12)23)22(30)29-10-13-8-28(9-14(13)11-29)21-7-26-19-5-17(24)18(25)6-20(19)27-21/h2-7,13-14H,8-11H2,1H3. The lowest BCUT2D eigenvalue weighted by Gasteiger charge is -2.23. The number of hydrogen-bond donors (Lipinski definition) is 0. The van der Waals surface area contributed by atoms with Gasteiger partial charge in [0.25, 0.3) is 5.91 Å². The number of likely N-dealkylation sites (tertiary alicyclic amines) is 1. The maximum Gasteiger partial charge on any atom is 0.254 e. The number of aromatic nitrogens is 2. The van der Waals surface area contributed by atoms with Crippen LogP contribution in [0, 0.1) is 36.2 Å². The summed E-state index contributed by atoms with van der Waals surface area (Å²) >= 11 is 0. The Morgan fingerprint density at radius 3 is 2.33 bits per heavy atom. The van der Waals surface area contributed by atoms with Crippen LogP contribution < -0.4 is 4.90 Å². The number of carbonyl (C=O) groups is 1. The Kier molecular flexibility index (Phi) is 4.38. The van der Waals surface area contributed by atoms with Crippen molar-refractivity contribution in [3.05, 3.63) is 65.1 Å². The van der Waals surface area contributed by atoms with Crippen LogP contribution in [-0.4, -0.2) is 47.0 Å². The summed E-state index contributed by atoms with van der Waals surface area (Å²) in [6.45, 7) is 4.20. The second kappa shape index (κ2) is 6.97. The van der Waals surface area contributed by atoms with Gasteiger partial charge in [0, 0.05) is 55.7 Å². The van der Waals surface area contributed by atoms with Crippen molar-refractivity contribution in [1.29, 1.82) is 0 Å². The first-order valence-corrected chi connectivity index (χ1v) is 9.82. The molecule has 0 N–H and O–H groups in total. The van der Waals surface area contributed by atoms with Gasteiger partial charge < -0.3 is 9.80 Å². The van der Waals surface area contributed by atoms with Crippen LogP contribution in [0.3, 0.4) is 0 Å². The molecule has 2 atom stereocenters. The maximum atomic E-state index is 13.8. The number of carbonyl (C=O) groups excluding carboxylic acids is 1. The Balaban J connectivity index is 1.31. The summed E-state index contributed by atoms with van der Waals surface area (Å²) in [6.07, 6.45) is 1.57. The van der Waals surface area contributed by atoms with Gasteiger partial charge in [0.15, 0.2) is 11.6 Å². The SMILES string of the molecule is Cc1c(F)cccc1C(=O)N1CC2CN(c3cnc4cc(F)c(F)cc4n3)CC2C1. The molecule has 3 heterocycles. The van der Waals surface area contributed by atoms with Crippen LogP contribution in [0.4, 0.5) is 19.0 Å². The van der Waals surface area contributed by atoms with E-state index in [0.29, 0.717) is 54.2 Å². The van der Waals surface area contributed by atoms with Gasteiger partial charge >= 0.3 is 0 Å². The van der Waals surface area contributed by atoms with Gasteiger partial charge in [-0.3, -0.25) is 9.78 Å². The minimum absolute atomic E-state index is 0.143. The van der Waals surface area contributed by atoms with Gasteiger partial charge in [-0.15, -0.1) is 0 Å². The van der Waals surface area contributed by atoms with Crippen LogP contribution in [0.2, 0.25) is 0 Å². The summed E-state index contributed by atoms with van der Waals surface area (Å²) in [4.78, 5) is 25.4. The number of anilines is 1. The Bertz CT molecular complexity index is 1150. The number of nitrogens with zero attached hydrogens (tertiary/aromatic N) is 4. The Morgan fingerprint density at radius 2 is 1.63 bits per heavy atom. The monoisotopic (exact) mass is 412 g/mol. The third kappa shape index (κ3) is 3.07. The second-order valence-corrected chi connectivity index (χ2v) is 8.03. The van der Waals surface area contributed by atoms with Crippen molar-refractivity contribution in [3.8, 4) is 0 Å². The van der Waals surface area contributed by atoms with Crippen molar-refractivity contribution in [2.24, 2.45) is 11.8 Å². The lowest BCUT2D eigenvalue weighted by atomic mass is 10.0. The molecule has 2 fully saturated rings. The van der Waals surface area contributed by atoms with E-state index in [2.05, 4.69) is 14.9 Å². The number of rotatable bonds is 2. The van der Waals surface area contributed by atoms with Crippen LogP contribution in [-0.2, 0) is 0 Å². The normalized spacial score (nSPS) is 20.8. The Hall–Kier alpha value is -3.16. The first-order valence-electron chi connectivity index (χ1n) is 9.82. The molecular weight excluding hydrogens is 393 g/mol. The topological polar surface area (TPSA) is 49.3 Å². The van der Waals surface area contributed by atoms with Crippen molar-refractivity contribution in [3.63, 3.8) is 0 Å². The molecule has 2 aliphatic heterocycles. The summed E-state index contributed by atoms with van der Waals surface area (Å²) in [5.74, 6) is -1.27. The molecule has 2 aliphatic rings. The van der Waals surface area contributed by atoms with E-state index in [-0.39, 0.29) is 23.6 Å². The lowest BCUT2D eigenvalue weighted by molar-refractivity contribution is 0.0781. The number of amides is 1. The van der Waals surface area contributed by atoms with Gasteiger partial charge in [0.1, 0.15) is 11.6 Å². The van der Waals surface area contributed by atoms with E-state index in [1.165, 1.54) is 6.07 Å². The summed E-state index contributed by atoms with van der Waals surface area (Å²) in [7, 11) is 0. The van der Waals surface area contributed by atoms with E-state index in [4.69, 9.17) is 0 Å². The van der Waals surface area contributed by atoms with Crippen LogP contribution in [0.1, 0.15) is 15.9 Å². The molecule has 2 aromatic carbocycles. The molecule has 8 heteroatoms. The van der Waals surface area contributed by atoms with Crippen molar-refractivity contribution in [2.45, 2.75) is 6.92 Å². The van der Waals surface area contributed by atoms with E-state index < -0.39 is 11.6 Å². The molecule has 5 rings (SSSR count). The van der Waals surface area contributed by atoms with E-state index in [0.717, 1.165) is 12.1 Å². The average molecular weight is 412 g/mol. The fourth-order valence-corrected chi connectivity index (χ4v) is 4.51. The van der Waals surface area contributed by atoms with Gasteiger partial charge in [0.05, 0.1) is 17.2 Å². The number of hydrogen-bond acceptors (Lipinski definition) is 4. The molecule has 0 radical (unpaired) electrons. The third-order valence-corrected chi connectivity index (χ3v) is 6.17. The molecule has 0 aliphatic carbocycles. The van der Waals surface area contributed by atoms with Crippen LogP contribution in [0.25, 0.3) is 11.0 Å². The molecule has 1 amide bonds. The molecular formula is C22H19F3N4O. The highest BCUT2D eigenvalue weighted by molar-refractivity contribution is 5.96. The van der Waals surface area contributed by atoms with Gasteiger partial charge in [-0.1, -0.05) is 6.07 Å². The maximum absolute atomic E-state index is 13.8. The molecule has 2 unspecified atom stereocenters. The molecule has 5 nitrogen and oxygen atoms in total. The van der Waals surface area contributed by atoms with E-state index >= 15 is 0 Å². The number of fused-ring (bicyclic) bond motifs is 2. The highest BCUT2D eigenvalue weighted by Gasteiger charge is 2.42. The number of benzene rings is 2. The largest absolute Gasteiger partial charge is 0.355 e. The molecule has 154 valence electrons. The molecule has 0 bridgehead atoms. The minimum Gasteiger partial charge on any atom is -0.355 e. The fourth-order valence-electron chi connectivity index (χ4n) is 4.51. The van der Waals surface area contributed by atoms with Crippen molar-refractivity contribution in [1.82, 2.24) is 14.9 Å². The summed E-state index contributed by atoms with van der Waals surface area (Å²) in [6, 6.07) is 6.67. The predicted molar refractivity (Wildman–Crippen MR) is 106 cm³/mol. The van der Waals surface area contributed by atoms with Crippen LogP contribution in [0.5, 0.6) is 0 Å². The summed E-state index contributed by atoms with van der Waals surface area (Å²) < 4.78 is 40.7. The third-order valence-electron chi connectivity index (χ3n) is 6.17. The van der Waals surface area contributed by atoms with Gasteiger partial charge in [-0.25, -0.2) is 18.2 Å². The zero-order valence-electron chi connectivity index (χ0n) is 16.3.